The zero-order chi connectivity index (χ0) is 5.70. The fourth-order valence-electron chi connectivity index (χ4n) is 0.167. The Balaban J connectivity index is 3.16. The summed E-state index contributed by atoms with van der Waals surface area (Å²) in [5, 5.41) is 1.25. The first kappa shape index (κ1) is 6.26. The Labute approximate surface area is 42.7 Å². The molecule has 0 spiro atoms. The maximum absolute atomic E-state index is 5.14. The largest absolute Gasteiger partial charge is 0.403 e. The minimum atomic E-state index is 1.25. The van der Waals surface area contributed by atoms with Crippen LogP contribution >= 0.6 is 0 Å². The maximum Gasteiger partial charge on any atom is 0.0492 e. The molecule has 0 aromatic rings. The summed E-state index contributed by atoms with van der Waals surface area (Å²) in [4.78, 5) is 0. The van der Waals surface area contributed by atoms with Crippen molar-refractivity contribution in [1.29, 1.82) is 0 Å². The monoisotopic (exact) mass is 102 g/mol. The molecule has 0 unspecified atom stereocenters. The molecule has 4 heteroatoms. The first-order valence-electron chi connectivity index (χ1n) is 1.91. The van der Waals surface area contributed by atoms with Crippen molar-refractivity contribution in [2.75, 3.05) is 7.05 Å². The Kier molecular flexibility index (Phi) is 3.09. The Morgan fingerprint density at radius 3 is 2.43 bits per heavy atom. The quantitative estimate of drug-likeness (QED) is 0.300. The van der Waals surface area contributed by atoms with Gasteiger partial charge in [0.25, 0.3) is 0 Å². The van der Waals surface area contributed by atoms with E-state index >= 15 is 0 Å². The summed E-state index contributed by atoms with van der Waals surface area (Å²) >= 11 is 0. The molecule has 0 heterocycles. The van der Waals surface area contributed by atoms with Crippen LogP contribution in [0.4, 0.5) is 0 Å². The molecule has 5 N–H and O–H groups in total. The number of nitrogens with one attached hydrogen (secondary N) is 1. The lowest BCUT2D eigenvalue weighted by Gasteiger charge is -2.08. The molecule has 0 atom stereocenters. The second-order valence-electron chi connectivity index (χ2n) is 0.972. The minimum Gasteiger partial charge on any atom is -0.403 e. The van der Waals surface area contributed by atoms with Crippen molar-refractivity contribution in [3.8, 4) is 0 Å². The Bertz CT molecular complexity index is 60.0. The zero-order valence-electron chi connectivity index (χ0n) is 4.26. The van der Waals surface area contributed by atoms with Gasteiger partial charge in [-0.25, -0.2) is 11.3 Å². The average molecular weight is 102 g/mol. The van der Waals surface area contributed by atoms with Gasteiger partial charge < -0.3 is 5.73 Å². The fraction of sp³-hybridized carbons (Fsp3) is 0.333. The zero-order valence-corrected chi connectivity index (χ0v) is 4.26. The van der Waals surface area contributed by atoms with Gasteiger partial charge in [0.1, 0.15) is 0 Å². The molecule has 7 heavy (non-hydrogen) atoms. The summed E-state index contributed by atoms with van der Waals surface area (Å²) in [6, 6.07) is 0. The van der Waals surface area contributed by atoms with Crippen molar-refractivity contribution in [2.24, 2.45) is 11.6 Å². The maximum atomic E-state index is 5.14. The van der Waals surface area contributed by atoms with Crippen molar-refractivity contribution in [3.63, 3.8) is 0 Å². The number of hydrogen-bond donors (Lipinski definition) is 3. The molecule has 0 radical (unpaired) electrons. The van der Waals surface area contributed by atoms with Gasteiger partial charge in [-0.15, -0.1) is 0 Å². The van der Waals surface area contributed by atoms with E-state index in [0.717, 1.165) is 0 Å². The highest BCUT2D eigenvalue weighted by Crippen LogP contribution is 1.62. The highest BCUT2D eigenvalue weighted by molar-refractivity contribution is 4.69. The number of nitrogens with zero attached hydrogens (tertiary/aromatic N) is 1. The number of nitrogens with two attached hydrogens (primary N) is 2. The van der Waals surface area contributed by atoms with Gasteiger partial charge in [-0.3, -0.25) is 5.12 Å². The van der Waals surface area contributed by atoms with Crippen LogP contribution in [0.3, 0.4) is 0 Å². The van der Waals surface area contributed by atoms with Crippen molar-refractivity contribution >= 4 is 0 Å². The summed E-state index contributed by atoms with van der Waals surface area (Å²) in [5.41, 5.74) is 7.57. The van der Waals surface area contributed by atoms with E-state index in [1.807, 2.05) is 0 Å². The number of rotatable bonds is 2. The smallest absolute Gasteiger partial charge is 0.0492 e. The van der Waals surface area contributed by atoms with E-state index in [1.54, 1.807) is 7.05 Å². The van der Waals surface area contributed by atoms with Gasteiger partial charge in [-0.05, 0) is 0 Å². The van der Waals surface area contributed by atoms with E-state index in [0.29, 0.717) is 0 Å². The van der Waals surface area contributed by atoms with Crippen LogP contribution in [0, 0.1) is 0 Å². The molecule has 0 aliphatic rings. The summed E-state index contributed by atoms with van der Waals surface area (Å²) in [7, 11) is 1.69. The van der Waals surface area contributed by atoms with Gasteiger partial charge in [0.15, 0.2) is 0 Å². The van der Waals surface area contributed by atoms with E-state index in [-0.39, 0.29) is 0 Å². The average Bonchev–Trinajstić information content (AvgIpc) is 1.68. The van der Waals surface area contributed by atoms with Crippen LogP contribution in [-0.2, 0) is 0 Å². The Morgan fingerprint density at radius 1 is 1.71 bits per heavy atom. The van der Waals surface area contributed by atoms with E-state index in [1.165, 1.54) is 17.5 Å². The minimum absolute atomic E-state index is 1.25. The number of hydrogen-bond acceptors (Lipinski definition) is 4. The molecule has 0 saturated carbocycles. The summed E-state index contributed by atoms with van der Waals surface area (Å²) < 4.78 is 0. The standard InChI is InChI=1S/C3H10N4/c1-6-7(5)3-2-4/h2-3,6H,4-5H2,1H3/b3-2-. The SMILES string of the molecule is CNN(N)/C=C\N. The van der Waals surface area contributed by atoms with Crippen LogP contribution in [0.5, 0.6) is 0 Å². The van der Waals surface area contributed by atoms with Crippen LogP contribution in [0.15, 0.2) is 12.4 Å². The topological polar surface area (TPSA) is 67.3 Å². The van der Waals surface area contributed by atoms with Gasteiger partial charge in [0, 0.05) is 19.4 Å². The third-order valence-corrected chi connectivity index (χ3v) is 0.505. The lowest BCUT2D eigenvalue weighted by atomic mass is 10.9. The second-order valence-corrected chi connectivity index (χ2v) is 0.972. The van der Waals surface area contributed by atoms with E-state index < -0.39 is 0 Å². The molecule has 0 aromatic carbocycles. The first-order valence-corrected chi connectivity index (χ1v) is 1.91. The van der Waals surface area contributed by atoms with Gasteiger partial charge in [0.2, 0.25) is 0 Å². The van der Waals surface area contributed by atoms with Crippen LogP contribution in [0.2, 0.25) is 0 Å². The van der Waals surface area contributed by atoms with Gasteiger partial charge in [-0.2, -0.15) is 0 Å². The first-order chi connectivity index (χ1) is 3.31. The van der Waals surface area contributed by atoms with Gasteiger partial charge in [0.05, 0.1) is 0 Å². The van der Waals surface area contributed by atoms with Gasteiger partial charge >= 0.3 is 0 Å². The van der Waals surface area contributed by atoms with Crippen LogP contribution < -0.4 is 17.0 Å². The number of hydrazine groups is 2. The lowest BCUT2D eigenvalue weighted by molar-refractivity contribution is 0.309. The van der Waals surface area contributed by atoms with Crippen molar-refractivity contribution in [2.45, 2.75) is 0 Å². The third kappa shape index (κ3) is 3.08. The summed E-state index contributed by atoms with van der Waals surface area (Å²) in [6.07, 6.45) is 2.84. The Hall–Kier alpha value is -0.740. The lowest BCUT2D eigenvalue weighted by Crippen LogP contribution is -2.36. The van der Waals surface area contributed by atoms with E-state index in [9.17, 15) is 0 Å². The molecule has 0 rings (SSSR count). The molecule has 0 fully saturated rings. The van der Waals surface area contributed by atoms with Crippen LogP contribution in [0.1, 0.15) is 0 Å². The predicted octanol–water partition coefficient (Wildman–Crippen LogP) is -1.27. The highest BCUT2D eigenvalue weighted by Gasteiger charge is 1.75. The summed E-state index contributed by atoms with van der Waals surface area (Å²) in [5.74, 6) is 5.14. The highest BCUT2D eigenvalue weighted by atomic mass is 15.6. The van der Waals surface area contributed by atoms with Crippen LogP contribution in [-0.4, -0.2) is 12.2 Å². The van der Waals surface area contributed by atoms with Crippen molar-refractivity contribution in [1.82, 2.24) is 10.5 Å². The van der Waals surface area contributed by atoms with Crippen molar-refractivity contribution < 1.29 is 0 Å². The predicted molar refractivity (Wildman–Crippen MR) is 28.4 cm³/mol. The second kappa shape index (κ2) is 3.45. The fourth-order valence-corrected chi connectivity index (χ4v) is 0.167. The molecule has 0 saturated heterocycles. The van der Waals surface area contributed by atoms with Crippen molar-refractivity contribution in [3.05, 3.63) is 12.4 Å². The molecular formula is C3H10N4. The third-order valence-electron chi connectivity index (χ3n) is 0.505. The Morgan fingerprint density at radius 2 is 2.29 bits per heavy atom. The molecule has 0 aliphatic carbocycles. The van der Waals surface area contributed by atoms with E-state index in [2.05, 4.69) is 5.43 Å². The molecule has 0 aromatic heterocycles. The van der Waals surface area contributed by atoms with Gasteiger partial charge in [-0.1, -0.05) is 0 Å². The van der Waals surface area contributed by atoms with E-state index in [4.69, 9.17) is 11.6 Å². The normalized spacial score (nSPS) is 10.0. The molecule has 4 nitrogen and oxygen atoms in total. The molecule has 0 bridgehead atoms. The summed E-state index contributed by atoms with van der Waals surface area (Å²) in [6.45, 7) is 0. The molecule has 42 valence electrons. The molecule has 0 amide bonds. The molecule has 0 aliphatic heterocycles. The van der Waals surface area contributed by atoms with Crippen LogP contribution in [0.25, 0.3) is 0 Å². The molecular weight excluding hydrogens is 92.1 g/mol.